The maximum atomic E-state index is 11.3. The van der Waals surface area contributed by atoms with Crippen LogP contribution in [0.4, 0.5) is 0 Å². The normalized spacial score (nSPS) is 10.8. The Morgan fingerprint density at radius 2 is 2.12 bits per heavy atom. The van der Waals surface area contributed by atoms with E-state index in [0.29, 0.717) is 13.0 Å². The third kappa shape index (κ3) is 7.96. The van der Waals surface area contributed by atoms with E-state index in [1.54, 1.807) is 6.20 Å². The Kier molecular flexibility index (Phi) is 10.0. The summed E-state index contributed by atoms with van der Waals surface area (Å²) in [6.45, 7) is 4.25. The molecule has 1 amide bonds. The van der Waals surface area contributed by atoms with E-state index in [0.717, 1.165) is 11.3 Å². The van der Waals surface area contributed by atoms with E-state index in [9.17, 15) is 4.79 Å². The molecule has 1 atom stereocenters. The fraction of sp³-hybridized carbons (Fsp3) is 0.455. The van der Waals surface area contributed by atoms with Crippen LogP contribution < -0.4 is 11.1 Å². The van der Waals surface area contributed by atoms with Crippen LogP contribution in [0, 0.1) is 6.92 Å². The van der Waals surface area contributed by atoms with Crippen LogP contribution in [0.2, 0.25) is 0 Å². The molecule has 0 aliphatic carbocycles. The molecule has 0 saturated carbocycles. The SMILES string of the molecule is Cc1ccc(CNC(=O)CC(C)N)cn1.Cl.Cl. The Balaban J connectivity index is 0. The van der Waals surface area contributed by atoms with Crippen molar-refractivity contribution in [1.29, 1.82) is 0 Å². The lowest BCUT2D eigenvalue weighted by molar-refractivity contribution is -0.121. The number of halogens is 2. The van der Waals surface area contributed by atoms with Crippen LogP contribution in [0.1, 0.15) is 24.6 Å². The summed E-state index contributed by atoms with van der Waals surface area (Å²) in [5, 5.41) is 2.79. The number of pyridine rings is 1. The number of carbonyl (C=O) groups is 1. The number of nitrogens with zero attached hydrogens (tertiary/aromatic N) is 1. The molecule has 0 aliphatic rings. The Morgan fingerprint density at radius 1 is 1.47 bits per heavy atom. The topological polar surface area (TPSA) is 68.0 Å². The summed E-state index contributed by atoms with van der Waals surface area (Å²) in [5.41, 5.74) is 7.48. The van der Waals surface area contributed by atoms with Gasteiger partial charge in [0.25, 0.3) is 0 Å². The molecule has 0 aromatic carbocycles. The lowest BCUT2D eigenvalue weighted by Gasteiger charge is -2.07. The summed E-state index contributed by atoms with van der Waals surface area (Å²) in [7, 11) is 0. The van der Waals surface area contributed by atoms with E-state index < -0.39 is 0 Å². The van der Waals surface area contributed by atoms with Crippen molar-refractivity contribution in [2.24, 2.45) is 5.73 Å². The number of aryl methyl sites for hydroxylation is 1. The van der Waals surface area contributed by atoms with E-state index in [1.165, 1.54) is 0 Å². The Morgan fingerprint density at radius 3 is 2.59 bits per heavy atom. The van der Waals surface area contributed by atoms with Gasteiger partial charge in [0.2, 0.25) is 5.91 Å². The number of carbonyl (C=O) groups excluding carboxylic acids is 1. The number of amides is 1. The molecule has 1 aromatic rings. The van der Waals surface area contributed by atoms with Crippen molar-refractivity contribution in [2.75, 3.05) is 0 Å². The van der Waals surface area contributed by atoms with Crippen LogP contribution in [0.25, 0.3) is 0 Å². The number of aromatic nitrogens is 1. The van der Waals surface area contributed by atoms with Crippen LogP contribution in [-0.4, -0.2) is 16.9 Å². The first-order chi connectivity index (χ1) is 7.08. The fourth-order valence-corrected chi connectivity index (χ4v) is 1.17. The summed E-state index contributed by atoms with van der Waals surface area (Å²) < 4.78 is 0. The highest BCUT2D eigenvalue weighted by atomic mass is 35.5. The maximum absolute atomic E-state index is 11.3. The first-order valence-corrected chi connectivity index (χ1v) is 5.01. The van der Waals surface area contributed by atoms with Gasteiger partial charge in [-0.3, -0.25) is 9.78 Å². The van der Waals surface area contributed by atoms with Gasteiger partial charge < -0.3 is 11.1 Å². The van der Waals surface area contributed by atoms with Crippen molar-refractivity contribution in [3.63, 3.8) is 0 Å². The van der Waals surface area contributed by atoms with E-state index in [2.05, 4.69) is 10.3 Å². The van der Waals surface area contributed by atoms with E-state index in [4.69, 9.17) is 5.73 Å². The smallest absolute Gasteiger partial charge is 0.221 e. The Hall–Kier alpha value is -0.840. The van der Waals surface area contributed by atoms with Crippen LogP contribution in [0.15, 0.2) is 18.3 Å². The van der Waals surface area contributed by atoms with E-state index in [1.807, 2.05) is 26.0 Å². The number of hydrogen-bond donors (Lipinski definition) is 2. The summed E-state index contributed by atoms with van der Waals surface area (Å²) in [4.78, 5) is 15.4. The molecule has 4 nitrogen and oxygen atoms in total. The maximum Gasteiger partial charge on any atom is 0.221 e. The van der Waals surface area contributed by atoms with Crippen molar-refractivity contribution in [2.45, 2.75) is 32.9 Å². The lowest BCUT2D eigenvalue weighted by atomic mass is 10.2. The standard InChI is InChI=1S/C11H17N3O.2ClH/c1-8(12)5-11(15)14-7-10-4-3-9(2)13-6-10;;/h3-4,6,8H,5,7,12H2,1-2H3,(H,14,15);2*1H. The van der Waals surface area contributed by atoms with Gasteiger partial charge >= 0.3 is 0 Å². The van der Waals surface area contributed by atoms with E-state index >= 15 is 0 Å². The van der Waals surface area contributed by atoms with Crippen LogP contribution >= 0.6 is 24.8 Å². The molecule has 1 aromatic heterocycles. The van der Waals surface area contributed by atoms with Crippen molar-refractivity contribution < 1.29 is 4.79 Å². The van der Waals surface area contributed by atoms with Crippen molar-refractivity contribution >= 4 is 30.7 Å². The van der Waals surface area contributed by atoms with Crippen LogP contribution in [0.5, 0.6) is 0 Å². The van der Waals surface area contributed by atoms with Crippen LogP contribution in [0.3, 0.4) is 0 Å². The second-order valence-corrected chi connectivity index (χ2v) is 3.77. The molecule has 0 fully saturated rings. The third-order valence-electron chi connectivity index (χ3n) is 1.97. The molecule has 3 N–H and O–H groups in total. The minimum absolute atomic E-state index is 0. The minimum atomic E-state index is -0.0962. The van der Waals surface area contributed by atoms with Gasteiger partial charge in [0.05, 0.1) is 0 Å². The molecule has 1 heterocycles. The lowest BCUT2D eigenvalue weighted by Crippen LogP contribution is -2.29. The second kappa shape index (κ2) is 9.22. The molecule has 98 valence electrons. The van der Waals surface area contributed by atoms with Gasteiger partial charge in [-0.2, -0.15) is 0 Å². The van der Waals surface area contributed by atoms with Gasteiger partial charge in [-0.15, -0.1) is 24.8 Å². The molecule has 0 bridgehead atoms. The van der Waals surface area contributed by atoms with Gasteiger partial charge in [-0.1, -0.05) is 6.07 Å². The second-order valence-electron chi connectivity index (χ2n) is 3.77. The van der Waals surface area contributed by atoms with Crippen molar-refractivity contribution in [1.82, 2.24) is 10.3 Å². The van der Waals surface area contributed by atoms with E-state index in [-0.39, 0.29) is 36.8 Å². The first kappa shape index (κ1) is 18.5. The van der Waals surface area contributed by atoms with Gasteiger partial charge in [-0.25, -0.2) is 0 Å². The molecular weight excluding hydrogens is 261 g/mol. The zero-order chi connectivity index (χ0) is 11.3. The zero-order valence-electron chi connectivity index (χ0n) is 9.97. The average molecular weight is 280 g/mol. The number of hydrogen-bond acceptors (Lipinski definition) is 3. The average Bonchev–Trinajstić information content (AvgIpc) is 2.16. The molecule has 17 heavy (non-hydrogen) atoms. The van der Waals surface area contributed by atoms with Gasteiger partial charge in [0, 0.05) is 30.9 Å². The molecular formula is C11H19Cl2N3O. The molecule has 6 heteroatoms. The third-order valence-corrected chi connectivity index (χ3v) is 1.97. The highest BCUT2D eigenvalue weighted by Crippen LogP contribution is 1.98. The fourth-order valence-electron chi connectivity index (χ4n) is 1.17. The summed E-state index contributed by atoms with van der Waals surface area (Å²) in [6, 6.07) is 3.78. The number of nitrogens with two attached hydrogens (primary N) is 1. The quantitative estimate of drug-likeness (QED) is 0.880. The van der Waals surface area contributed by atoms with Gasteiger partial charge in [0.15, 0.2) is 0 Å². The largest absolute Gasteiger partial charge is 0.352 e. The van der Waals surface area contributed by atoms with Crippen LogP contribution in [-0.2, 0) is 11.3 Å². The molecule has 0 saturated heterocycles. The van der Waals surface area contributed by atoms with Gasteiger partial charge in [-0.05, 0) is 25.5 Å². The zero-order valence-corrected chi connectivity index (χ0v) is 11.6. The highest BCUT2D eigenvalue weighted by molar-refractivity contribution is 5.85. The highest BCUT2D eigenvalue weighted by Gasteiger charge is 2.04. The monoisotopic (exact) mass is 279 g/mol. The Bertz CT molecular complexity index is 328. The molecule has 0 spiro atoms. The summed E-state index contributed by atoms with van der Waals surface area (Å²) >= 11 is 0. The minimum Gasteiger partial charge on any atom is -0.352 e. The number of nitrogens with one attached hydrogen (secondary N) is 1. The summed E-state index contributed by atoms with van der Waals surface area (Å²) in [5.74, 6) is -0.0226. The first-order valence-electron chi connectivity index (χ1n) is 5.01. The van der Waals surface area contributed by atoms with Gasteiger partial charge in [0.1, 0.15) is 0 Å². The predicted molar refractivity (Wildman–Crippen MR) is 73.6 cm³/mol. The Labute approximate surface area is 114 Å². The molecule has 0 aliphatic heterocycles. The van der Waals surface area contributed by atoms with Crippen molar-refractivity contribution in [3.05, 3.63) is 29.6 Å². The molecule has 1 unspecified atom stereocenters. The predicted octanol–water partition coefficient (Wildman–Crippen LogP) is 1.59. The molecule has 1 rings (SSSR count). The van der Waals surface area contributed by atoms with Crippen molar-refractivity contribution in [3.8, 4) is 0 Å². The molecule has 0 radical (unpaired) electrons. The summed E-state index contributed by atoms with van der Waals surface area (Å²) in [6.07, 6.45) is 2.13. The number of rotatable bonds is 4.